The van der Waals surface area contributed by atoms with E-state index in [-0.39, 0.29) is 11.6 Å². The van der Waals surface area contributed by atoms with Crippen LogP contribution in [0.15, 0.2) is 79.0 Å². The monoisotopic (exact) mass is 359 g/mol. The lowest BCUT2D eigenvalue weighted by molar-refractivity contribution is 0.102. The van der Waals surface area contributed by atoms with Crippen molar-refractivity contribution in [2.75, 3.05) is 5.32 Å². The Morgan fingerprint density at radius 3 is 2.42 bits per heavy atom. The van der Waals surface area contributed by atoms with Crippen LogP contribution in [-0.4, -0.2) is 15.9 Å². The first-order valence-corrected chi connectivity index (χ1v) is 8.46. The van der Waals surface area contributed by atoms with Gasteiger partial charge in [0.25, 0.3) is 5.91 Å². The van der Waals surface area contributed by atoms with Gasteiger partial charge < -0.3 is 5.32 Å². The lowest BCUT2D eigenvalue weighted by Crippen LogP contribution is -2.14. The summed E-state index contributed by atoms with van der Waals surface area (Å²) in [6.45, 7) is 0. The number of carbonyl (C=O) groups is 1. The van der Waals surface area contributed by atoms with E-state index in [1.165, 1.54) is 0 Å². The van der Waals surface area contributed by atoms with E-state index in [0.29, 0.717) is 11.0 Å². The minimum atomic E-state index is -0.349. The number of hydrogen-bond acceptors (Lipinski definition) is 3. The number of aromatic nitrogens is 2. The molecule has 4 nitrogen and oxygen atoms in total. The van der Waals surface area contributed by atoms with Crippen LogP contribution in [0.4, 0.5) is 5.82 Å². The number of halogens is 1. The van der Waals surface area contributed by atoms with Crippen LogP contribution in [0.5, 0.6) is 0 Å². The van der Waals surface area contributed by atoms with Gasteiger partial charge in [0.1, 0.15) is 16.7 Å². The molecule has 2 aromatic heterocycles. The number of fused-ring (bicyclic) bond motifs is 1. The number of pyridine rings is 2. The van der Waals surface area contributed by atoms with E-state index in [1.54, 1.807) is 18.3 Å². The highest BCUT2D eigenvalue weighted by Gasteiger charge is 2.12. The summed E-state index contributed by atoms with van der Waals surface area (Å²) in [7, 11) is 0. The first-order chi connectivity index (χ1) is 12.7. The molecular weight excluding hydrogens is 346 g/mol. The molecular formula is C21H14ClN3O. The number of rotatable bonds is 3. The Kier molecular flexibility index (Phi) is 4.33. The molecule has 0 spiro atoms. The zero-order valence-electron chi connectivity index (χ0n) is 13.7. The minimum absolute atomic E-state index is 0.252. The number of benzene rings is 2. The maximum Gasteiger partial charge on any atom is 0.275 e. The average Bonchev–Trinajstić information content (AvgIpc) is 2.69. The number of amides is 1. The third-order valence-corrected chi connectivity index (χ3v) is 4.33. The number of anilines is 1. The van der Waals surface area contributed by atoms with Gasteiger partial charge in [0.15, 0.2) is 0 Å². The van der Waals surface area contributed by atoms with E-state index in [0.717, 1.165) is 21.9 Å². The third-order valence-electron chi connectivity index (χ3n) is 4.04. The molecule has 0 aliphatic heterocycles. The quantitative estimate of drug-likeness (QED) is 0.511. The van der Waals surface area contributed by atoms with E-state index < -0.39 is 0 Å². The molecule has 1 N–H and O–H groups in total. The van der Waals surface area contributed by atoms with E-state index in [4.69, 9.17) is 11.6 Å². The minimum Gasteiger partial charge on any atom is -0.305 e. The topological polar surface area (TPSA) is 54.9 Å². The van der Waals surface area contributed by atoms with Crippen LogP contribution >= 0.6 is 11.6 Å². The molecule has 0 saturated heterocycles. The maximum atomic E-state index is 12.5. The Morgan fingerprint density at radius 2 is 1.65 bits per heavy atom. The number of hydrogen-bond donors (Lipinski definition) is 1. The summed E-state index contributed by atoms with van der Waals surface area (Å²) in [6, 6.07) is 22.9. The smallest absolute Gasteiger partial charge is 0.275 e. The van der Waals surface area contributed by atoms with Crippen molar-refractivity contribution in [3.8, 4) is 11.1 Å². The molecule has 0 atom stereocenters. The number of nitrogens with zero attached hydrogens (tertiary/aromatic N) is 2. The highest BCUT2D eigenvalue weighted by atomic mass is 35.5. The van der Waals surface area contributed by atoms with Crippen molar-refractivity contribution in [2.45, 2.75) is 0 Å². The lowest BCUT2D eigenvalue weighted by atomic mass is 10.1. The van der Waals surface area contributed by atoms with Gasteiger partial charge >= 0.3 is 0 Å². The highest BCUT2D eigenvalue weighted by Crippen LogP contribution is 2.23. The van der Waals surface area contributed by atoms with Gasteiger partial charge in [-0.15, -0.1) is 0 Å². The number of carbonyl (C=O) groups excluding carboxylic acids is 1. The summed E-state index contributed by atoms with van der Waals surface area (Å²) < 4.78 is 0. The average molecular weight is 360 g/mol. The van der Waals surface area contributed by atoms with Crippen LogP contribution in [0.3, 0.4) is 0 Å². The fraction of sp³-hybridized carbons (Fsp3) is 0. The maximum absolute atomic E-state index is 12.5. The van der Waals surface area contributed by atoms with Crippen molar-refractivity contribution >= 4 is 34.1 Å². The summed E-state index contributed by atoms with van der Waals surface area (Å²) >= 11 is 6.19. The fourth-order valence-electron chi connectivity index (χ4n) is 2.72. The molecule has 2 aromatic carbocycles. The third kappa shape index (κ3) is 3.27. The van der Waals surface area contributed by atoms with Crippen LogP contribution in [0.25, 0.3) is 21.9 Å². The molecule has 1 amide bonds. The normalized spacial score (nSPS) is 10.7. The predicted octanol–water partition coefficient (Wildman–Crippen LogP) is 5.20. The molecule has 0 saturated carbocycles. The number of nitrogens with one attached hydrogen (secondary N) is 1. The molecule has 4 aromatic rings. The van der Waals surface area contributed by atoms with Crippen molar-refractivity contribution in [3.05, 3.63) is 89.8 Å². The summed E-state index contributed by atoms with van der Waals surface area (Å²) in [6.07, 6.45) is 1.73. The second kappa shape index (κ2) is 6.94. The Morgan fingerprint density at radius 1 is 0.885 bits per heavy atom. The summed E-state index contributed by atoms with van der Waals surface area (Å²) in [5.41, 5.74) is 2.30. The van der Waals surface area contributed by atoms with E-state index in [2.05, 4.69) is 15.3 Å². The molecule has 4 rings (SSSR count). The standard InChI is InChI=1S/C21H14ClN3O/c22-20-17-9-5-4-8-15(17)12-18(24-20)21(26)25-19-11-10-16(13-23-19)14-6-2-1-3-7-14/h1-13H,(H,23,25,26). The van der Waals surface area contributed by atoms with E-state index >= 15 is 0 Å². The van der Waals surface area contributed by atoms with Gasteiger partial charge in [0, 0.05) is 17.1 Å². The first-order valence-electron chi connectivity index (χ1n) is 8.09. The molecule has 26 heavy (non-hydrogen) atoms. The Bertz CT molecular complexity index is 1080. The molecule has 5 heteroatoms. The van der Waals surface area contributed by atoms with Crippen LogP contribution in [-0.2, 0) is 0 Å². The zero-order chi connectivity index (χ0) is 17.9. The molecule has 0 fully saturated rings. The highest BCUT2D eigenvalue weighted by molar-refractivity contribution is 6.34. The Labute approximate surface area is 155 Å². The SMILES string of the molecule is O=C(Nc1ccc(-c2ccccc2)cn1)c1cc2ccccc2c(Cl)n1. The van der Waals surface area contributed by atoms with Gasteiger partial charge in [0.2, 0.25) is 0 Å². The van der Waals surface area contributed by atoms with Gasteiger partial charge in [-0.3, -0.25) is 4.79 Å². The summed E-state index contributed by atoms with van der Waals surface area (Å²) in [5.74, 6) is 0.110. The zero-order valence-corrected chi connectivity index (χ0v) is 14.4. The molecule has 0 unspecified atom stereocenters. The molecule has 126 valence electrons. The van der Waals surface area contributed by atoms with Crippen LogP contribution in [0.1, 0.15) is 10.5 Å². The first kappa shape index (κ1) is 16.2. The Balaban J connectivity index is 1.57. The largest absolute Gasteiger partial charge is 0.305 e. The van der Waals surface area contributed by atoms with E-state index in [1.807, 2.05) is 60.7 Å². The summed E-state index contributed by atoms with van der Waals surface area (Å²) in [5, 5.41) is 4.75. The van der Waals surface area contributed by atoms with E-state index in [9.17, 15) is 4.79 Å². The molecule has 0 aliphatic rings. The van der Waals surface area contributed by atoms with Gasteiger partial charge in [-0.1, -0.05) is 66.2 Å². The Hall–Kier alpha value is -3.24. The second-order valence-electron chi connectivity index (χ2n) is 5.77. The molecule has 0 aliphatic carbocycles. The molecule has 0 bridgehead atoms. The fourth-order valence-corrected chi connectivity index (χ4v) is 2.99. The van der Waals surface area contributed by atoms with Crippen molar-refractivity contribution in [2.24, 2.45) is 0 Å². The van der Waals surface area contributed by atoms with Gasteiger partial charge in [-0.2, -0.15) is 0 Å². The van der Waals surface area contributed by atoms with Crippen LogP contribution < -0.4 is 5.32 Å². The van der Waals surface area contributed by atoms with Crippen molar-refractivity contribution < 1.29 is 4.79 Å². The van der Waals surface area contributed by atoms with Crippen molar-refractivity contribution in [3.63, 3.8) is 0 Å². The predicted molar refractivity (Wildman–Crippen MR) is 104 cm³/mol. The summed E-state index contributed by atoms with van der Waals surface area (Å²) in [4.78, 5) is 21.0. The molecule has 2 heterocycles. The lowest BCUT2D eigenvalue weighted by Gasteiger charge is -2.07. The van der Waals surface area contributed by atoms with Gasteiger partial charge in [0.05, 0.1) is 0 Å². The van der Waals surface area contributed by atoms with Crippen molar-refractivity contribution in [1.29, 1.82) is 0 Å². The van der Waals surface area contributed by atoms with Gasteiger partial charge in [-0.05, 0) is 29.1 Å². The molecule has 0 radical (unpaired) electrons. The van der Waals surface area contributed by atoms with Crippen molar-refractivity contribution in [1.82, 2.24) is 9.97 Å². The van der Waals surface area contributed by atoms with Crippen LogP contribution in [0, 0.1) is 0 Å². The second-order valence-corrected chi connectivity index (χ2v) is 6.13. The van der Waals surface area contributed by atoms with Crippen LogP contribution in [0.2, 0.25) is 5.15 Å². The van der Waals surface area contributed by atoms with Gasteiger partial charge in [-0.25, -0.2) is 9.97 Å².